The molecule has 1 aliphatic rings. The van der Waals surface area contributed by atoms with Gasteiger partial charge in [-0.05, 0) is 56.1 Å². The van der Waals surface area contributed by atoms with Gasteiger partial charge in [-0.2, -0.15) is 0 Å². The number of aliphatic hydroxyl groups is 1. The smallest absolute Gasteiger partial charge is 0.118 e. The Labute approximate surface area is 151 Å². The molecule has 2 aromatic carbocycles. The van der Waals surface area contributed by atoms with E-state index in [1.54, 1.807) is 7.11 Å². The van der Waals surface area contributed by atoms with Crippen molar-refractivity contribution in [1.29, 1.82) is 0 Å². The van der Waals surface area contributed by atoms with Crippen LogP contribution in [0.1, 0.15) is 43.2 Å². The molecule has 3 heteroatoms. The summed E-state index contributed by atoms with van der Waals surface area (Å²) in [5.41, 5.74) is 1.18. The first kappa shape index (κ1) is 18.0. The van der Waals surface area contributed by atoms with Crippen molar-refractivity contribution >= 4 is 0 Å². The molecule has 1 N–H and O–H groups in total. The monoisotopic (exact) mass is 339 g/mol. The lowest BCUT2D eigenvalue weighted by molar-refractivity contribution is 0.0107. The van der Waals surface area contributed by atoms with Crippen LogP contribution in [0.4, 0.5) is 0 Å². The van der Waals surface area contributed by atoms with Crippen LogP contribution in [-0.4, -0.2) is 36.8 Å². The number of benzene rings is 2. The lowest BCUT2D eigenvalue weighted by Crippen LogP contribution is -2.41. The minimum atomic E-state index is -0.939. The van der Waals surface area contributed by atoms with Crippen LogP contribution in [0.2, 0.25) is 0 Å². The van der Waals surface area contributed by atoms with E-state index < -0.39 is 5.60 Å². The van der Waals surface area contributed by atoms with Crippen molar-refractivity contribution in [2.24, 2.45) is 0 Å². The standard InChI is InChI=1S/C22H29NO2/c1-22(24,19-11-13-20(25-2)14-12-19)21(18-9-5-3-6-10-18)17-23-15-7-4-8-16-23/h3,5-6,9-14,21,24H,4,7-8,15-17H2,1-2H3/t21-,22-/m0/s1. The lowest BCUT2D eigenvalue weighted by Gasteiger charge is -2.38. The predicted molar refractivity (Wildman–Crippen MR) is 102 cm³/mol. The third-order valence-corrected chi connectivity index (χ3v) is 5.44. The van der Waals surface area contributed by atoms with E-state index in [1.807, 2.05) is 37.3 Å². The summed E-state index contributed by atoms with van der Waals surface area (Å²) in [6.45, 7) is 5.07. The van der Waals surface area contributed by atoms with E-state index in [0.717, 1.165) is 30.9 Å². The molecule has 134 valence electrons. The van der Waals surface area contributed by atoms with Gasteiger partial charge in [-0.15, -0.1) is 0 Å². The number of nitrogens with zero attached hydrogens (tertiary/aromatic N) is 1. The molecular formula is C22H29NO2. The van der Waals surface area contributed by atoms with Crippen LogP contribution in [-0.2, 0) is 5.60 Å². The van der Waals surface area contributed by atoms with Crippen LogP contribution >= 0.6 is 0 Å². The summed E-state index contributed by atoms with van der Waals surface area (Å²) in [4.78, 5) is 2.50. The molecule has 1 heterocycles. The van der Waals surface area contributed by atoms with E-state index in [4.69, 9.17) is 4.74 Å². The number of likely N-dealkylation sites (tertiary alicyclic amines) is 1. The zero-order valence-electron chi connectivity index (χ0n) is 15.3. The normalized spacial score (nSPS) is 19.2. The van der Waals surface area contributed by atoms with E-state index in [0.29, 0.717) is 0 Å². The number of piperidine rings is 1. The van der Waals surface area contributed by atoms with Gasteiger partial charge in [0, 0.05) is 12.5 Å². The Morgan fingerprint density at radius 1 is 1.00 bits per heavy atom. The van der Waals surface area contributed by atoms with Gasteiger partial charge in [0.25, 0.3) is 0 Å². The first-order valence-electron chi connectivity index (χ1n) is 9.25. The summed E-state index contributed by atoms with van der Waals surface area (Å²) in [7, 11) is 1.66. The molecule has 2 aromatic rings. The molecule has 1 aliphatic heterocycles. The van der Waals surface area contributed by atoms with Crippen molar-refractivity contribution < 1.29 is 9.84 Å². The highest BCUT2D eigenvalue weighted by Gasteiger charge is 2.36. The molecule has 25 heavy (non-hydrogen) atoms. The van der Waals surface area contributed by atoms with Gasteiger partial charge in [-0.1, -0.05) is 48.9 Å². The molecule has 1 fully saturated rings. The molecule has 0 amide bonds. The van der Waals surface area contributed by atoms with Gasteiger partial charge >= 0.3 is 0 Å². The Hall–Kier alpha value is -1.84. The first-order chi connectivity index (χ1) is 12.1. The molecule has 0 saturated carbocycles. The van der Waals surface area contributed by atoms with Gasteiger partial charge in [0.1, 0.15) is 5.75 Å². The Morgan fingerprint density at radius 3 is 2.24 bits per heavy atom. The lowest BCUT2D eigenvalue weighted by atomic mass is 9.78. The van der Waals surface area contributed by atoms with Crippen molar-refractivity contribution in [3.63, 3.8) is 0 Å². The van der Waals surface area contributed by atoms with Crippen LogP contribution in [0.25, 0.3) is 0 Å². The second-order valence-electron chi connectivity index (χ2n) is 7.20. The number of hydrogen-bond acceptors (Lipinski definition) is 3. The summed E-state index contributed by atoms with van der Waals surface area (Å²) in [6, 6.07) is 18.2. The zero-order chi connectivity index (χ0) is 17.7. The van der Waals surface area contributed by atoms with Gasteiger partial charge in [0.15, 0.2) is 0 Å². The van der Waals surface area contributed by atoms with Crippen molar-refractivity contribution in [1.82, 2.24) is 4.90 Å². The Balaban J connectivity index is 1.90. The minimum absolute atomic E-state index is 0.0280. The molecule has 0 bridgehead atoms. The van der Waals surface area contributed by atoms with Crippen LogP contribution in [0.5, 0.6) is 5.75 Å². The maximum Gasteiger partial charge on any atom is 0.118 e. The zero-order valence-corrected chi connectivity index (χ0v) is 15.3. The van der Waals surface area contributed by atoms with Crippen LogP contribution in [0.15, 0.2) is 54.6 Å². The SMILES string of the molecule is COc1ccc([C@](C)(O)[C@@H](CN2CCCCC2)c2ccccc2)cc1. The second-order valence-corrected chi connectivity index (χ2v) is 7.20. The van der Waals surface area contributed by atoms with E-state index in [9.17, 15) is 5.11 Å². The molecule has 2 atom stereocenters. The summed E-state index contributed by atoms with van der Waals surface area (Å²) in [5.74, 6) is 0.840. The topological polar surface area (TPSA) is 32.7 Å². The van der Waals surface area contributed by atoms with Crippen molar-refractivity contribution in [2.75, 3.05) is 26.7 Å². The van der Waals surface area contributed by atoms with Crippen LogP contribution in [0, 0.1) is 0 Å². The van der Waals surface area contributed by atoms with Gasteiger partial charge < -0.3 is 14.7 Å². The van der Waals surface area contributed by atoms with Gasteiger partial charge in [0.05, 0.1) is 12.7 Å². The van der Waals surface area contributed by atoms with Crippen molar-refractivity contribution in [2.45, 2.75) is 37.7 Å². The molecule has 3 nitrogen and oxygen atoms in total. The summed E-state index contributed by atoms with van der Waals surface area (Å²) in [6.07, 6.45) is 3.83. The summed E-state index contributed by atoms with van der Waals surface area (Å²) >= 11 is 0. The first-order valence-corrected chi connectivity index (χ1v) is 9.25. The Morgan fingerprint density at radius 2 is 1.64 bits per heavy atom. The Bertz CT molecular complexity index is 645. The van der Waals surface area contributed by atoms with Gasteiger partial charge in [-0.3, -0.25) is 0 Å². The molecule has 0 aliphatic carbocycles. The Kier molecular flexibility index (Phi) is 5.77. The number of rotatable bonds is 6. The van der Waals surface area contributed by atoms with E-state index in [1.165, 1.54) is 24.8 Å². The van der Waals surface area contributed by atoms with E-state index in [-0.39, 0.29) is 5.92 Å². The van der Waals surface area contributed by atoms with Crippen LogP contribution < -0.4 is 4.74 Å². The fraction of sp³-hybridized carbons (Fsp3) is 0.455. The minimum Gasteiger partial charge on any atom is -0.497 e. The average molecular weight is 339 g/mol. The number of hydrogen-bond donors (Lipinski definition) is 1. The number of methoxy groups -OCH3 is 1. The highest BCUT2D eigenvalue weighted by atomic mass is 16.5. The third kappa shape index (κ3) is 4.23. The van der Waals surface area contributed by atoms with E-state index in [2.05, 4.69) is 29.2 Å². The second kappa shape index (κ2) is 8.03. The number of ether oxygens (including phenoxy) is 1. The molecule has 0 spiro atoms. The average Bonchev–Trinajstić information content (AvgIpc) is 2.67. The highest BCUT2D eigenvalue weighted by Crippen LogP contribution is 2.38. The van der Waals surface area contributed by atoms with Crippen molar-refractivity contribution in [3.05, 3.63) is 65.7 Å². The van der Waals surface area contributed by atoms with Crippen LogP contribution in [0.3, 0.4) is 0 Å². The van der Waals surface area contributed by atoms with Gasteiger partial charge in [0.2, 0.25) is 0 Å². The molecular weight excluding hydrogens is 310 g/mol. The molecule has 0 aromatic heterocycles. The third-order valence-electron chi connectivity index (χ3n) is 5.44. The molecule has 3 rings (SSSR count). The van der Waals surface area contributed by atoms with Gasteiger partial charge in [-0.25, -0.2) is 0 Å². The fourth-order valence-corrected chi connectivity index (χ4v) is 3.82. The fourth-order valence-electron chi connectivity index (χ4n) is 3.82. The largest absolute Gasteiger partial charge is 0.497 e. The summed E-state index contributed by atoms with van der Waals surface area (Å²) < 4.78 is 5.26. The maximum absolute atomic E-state index is 11.5. The summed E-state index contributed by atoms with van der Waals surface area (Å²) in [5, 5.41) is 11.5. The molecule has 1 saturated heterocycles. The van der Waals surface area contributed by atoms with Crippen molar-refractivity contribution in [3.8, 4) is 5.75 Å². The maximum atomic E-state index is 11.5. The quantitative estimate of drug-likeness (QED) is 0.857. The molecule has 0 radical (unpaired) electrons. The molecule has 0 unspecified atom stereocenters. The highest BCUT2D eigenvalue weighted by molar-refractivity contribution is 5.35. The predicted octanol–water partition coefficient (Wildman–Crippen LogP) is 4.17. The van der Waals surface area contributed by atoms with E-state index >= 15 is 0 Å².